The third kappa shape index (κ3) is 6.97. The Balaban J connectivity index is 1.43. The molecule has 0 spiro atoms. The summed E-state index contributed by atoms with van der Waals surface area (Å²) in [4.78, 5) is 27.3. The normalized spacial score (nSPS) is 19.2. The fourth-order valence-electron chi connectivity index (χ4n) is 4.50. The molecule has 1 aliphatic carbocycles. The van der Waals surface area contributed by atoms with Gasteiger partial charge in [0, 0.05) is 43.5 Å². The molecule has 0 radical (unpaired) electrons. The number of pyridine rings is 1. The lowest BCUT2D eigenvalue weighted by Gasteiger charge is -2.36. The summed E-state index contributed by atoms with van der Waals surface area (Å²) in [5.41, 5.74) is 0.372. The third-order valence-electron chi connectivity index (χ3n) is 6.48. The van der Waals surface area contributed by atoms with Gasteiger partial charge in [-0.05, 0) is 37.3 Å². The standard InChI is InChI=1S/C25H28F3N5O4/c26-25(27,28)19-13-31-33(15-19)21-6-5-20(14-30-21)32-23(17-8-11-37-12-9-17)16-1-3-18(4-2-16)24(36)29-10-7-22(34)35/h1,3-6,13-17,23,32H,2,7-12H2,(H,29,36)(H,34,35). The van der Waals surface area contributed by atoms with E-state index in [0.717, 1.165) is 35.6 Å². The number of nitrogens with one attached hydrogen (secondary N) is 2. The Morgan fingerprint density at radius 3 is 2.59 bits per heavy atom. The van der Waals surface area contributed by atoms with Crippen molar-refractivity contribution in [3.8, 4) is 5.82 Å². The van der Waals surface area contributed by atoms with Gasteiger partial charge in [-0.25, -0.2) is 9.67 Å². The Labute approximate surface area is 211 Å². The van der Waals surface area contributed by atoms with Crippen LogP contribution in [0.5, 0.6) is 0 Å². The van der Waals surface area contributed by atoms with Gasteiger partial charge in [-0.1, -0.05) is 18.2 Å². The first-order valence-electron chi connectivity index (χ1n) is 12.0. The van der Waals surface area contributed by atoms with E-state index in [9.17, 15) is 22.8 Å². The number of carbonyl (C=O) groups excluding carboxylic acids is 1. The van der Waals surface area contributed by atoms with Crippen LogP contribution in [0.25, 0.3) is 5.82 Å². The van der Waals surface area contributed by atoms with Gasteiger partial charge < -0.3 is 20.5 Å². The Bertz CT molecular complexity index is 1150. The SMILES string of the molecule is O=C(O)CCNC(=O)C1=CCC(C(Nc2ccc(-n3cc(C(F)(F)F)cn3)nc2)C2CCOCC2)C=C1. The van der Waals surface area contributed by atoms with E-state index in [2.05, 4.69) is 20.7 Å². The zero-order valence-electron chi connectivity index (χ0n) is 19.9. The molecular formula is C25H28F3N5O4. The monoisotopic (exact) mass is 519 g/mol. The highest BCUT2D eigenvalue weighted by molar-refractivity contribution is 5.96. The van der Waals surface area contributed by atoms with Crippen molar-refractivity contribution >= 4 is 17.6 Å². The minimum atomic E-state index is -4.47. The maximum atomic E-state index is 12.9. The van der Waals surface area contributed by atoms with Crippen LogP contribution >= 0.6 is 0 Å². The maximum absolute atomic E-state index is 12.9. The van der Waals surface area contributed by atoms with Crippen LogP contribution in [0.1, 0.15) is 31.2 Å². The van der Waals surface area contributed by atoms with Crippen molar-refractivity contribution in [2.75, 3.05) is 25.1 Å². The van der Waals surface area contributed by atoms with E-state index in [1.807, 2.05) is 12.2 Å². The summed E-state index contributed by atoms with van der Waals surface area (Å²) >= 11 is 0. The lowest BCUT2D eigenvalue weighted by atomic mass is 9.79. The van der Waals surface area contributed by atoms with Crippen molar-refractivity contribution in [1.82, 2.24) is 20.1 Å². The van der Waals surface area contributed by atoms with Gasteiger partial charge in [0.2, 0.25) is 0 Å². The molecular weight excluding hydrogens is 491 g/mol. The van der Waals surface area contributed by atoms with E-state index < -0.39 is 17.7 Å². The average molecular weight is 520 g/mol. The van der Waals surface area contributed by atoms with Crippen molar-refractivity contribution < 1.29 is 32.6 Å². The topological polar surface area (TPSA) is 118 Å². The Hall–Kier alpha value is -3.67. The van der Waals surface area contributed by atoms with E-state index in [1.165, 1.54) is 0 Å². The number of carboxylic acids is 1. The molecule has 2 aromatic heterocycles. The second-order valence-corrected chi connectivity index (χ2v) is 9.01. The van der Waals surface area contributed by atoms with Crippen molar-refractivity contribution in [3.63, 3.8) is 0 Å². The first kappa shape index (κ1) is 26.4. The second-order valence-electron chi connectivity index (χ2n) is 9.01. The number of aliphatic carboxylic acids is 1. The van der Waals surface area contributed by atoms with E-state index in [4.69, 9.17) is 9.84 Å². The number of ether oxygens (including phenoxy) is 1. The van der Waals surface area contributed by atoms with Crippen LogP contribution in [-0.2, 0) is 20.5 Å². The number of aromatic nitrogens is 3. The number of hydrogen-bond donors (Lipinski definition) is 3. The van der Waals surface area contributed by atoms with Crippen molar-refractivity contribution in [1.29, 1.82) is 0 Å². The molecule has 0 aromatic carbocycles. The molecule has 0 bridgehead atoms. The molecule has 1 amide bonds. The van der Waals surface area contributed by atoms with Crippen LogP contribution in [0.15, 0.2) is 54.5 Å². The van der Waals surface area contributed by atoms with Crippen molar-refractivity contribution in [3.05, 3.63) is 60.1 Å². The number of carboxylic acid groups (broad SMARTS) is 1. The lowest BCUT2D eigenvalue weighted by molar-refractivity contribution is -0.138. The van der Waals surface area contributed by atoms with Gasteiger partial charge in [-0.3, -0.25) is 9.59 Å². The molecule has 0 saturated carbocycles. The van der Waals surface area contributed by atoms with Gasteiger partial charge >= 0.3 is 12.1 Å². The van der Waals surface area contributed by atoms with Crippen LogP contribution in [0.4, 0.5) is 18.9 Å². The first-order chi connectivity index (χ1) is 17.7. The molecule has 2 atom stereocenters. The molecule has 2 aliphatic rings. The number of allylic oxidation sites excluding steroid dienone is 1. The zero-order chi connectivity index (χ0) is 26.4. The smallest absolute Gasteiger partial charge is 0.419 e. The molecule has 2 aromatic rings. The molecule has 12 heteroatoms. The molecule has 1 saturated heterocycles. The lowest BCUT2D eigenvalue weighted by Crippen LogP contribution is -2.39. The summed E-state index contributed by atoms with van der Waals surface area (Å²) in [6.07, 6.45) is 6.57. The number of carbonyl (C=O) groups is 2. The highest BCUT2D eigenvalue weighted by atomic mass is 19.4. The Kier molecular flexibility index (Phi) is 8.27. The van der Waals surface area contributed by atoms with Crippen LogP contribution in [0.3, 0.4) is 0 Å². The summed E-state index contributed by atoms with van der Waals surface area (Å²) in [5, 5.41) is 18.7. The summed E-state index contributed by atoms with van der Waals surface area (Å²) in [5.74, 6) is -0.625. The van der Waals surface area contributed by atoms with Crippen LogP contribution in [0.2, 0.25) is 0 Å². The number of anilines is 1. The van der Waals surface area contributed by atoms with Crippen molar-refractivity contribution in [2.24, 2.45) is 11.8 Å². The largest absolute Gasteiger partial charge is 0.481 e. The van der Waals surface area contributed by atoms with Gasteiger partial charge in [0.25, 0.3) is 5.91 Å². The zero-order valence-corrected chi connectivity index (χ0v) is 19.9. The first-order valence-corrected chi connectivity index (χ1v) is 12.0. The average Bonchev–Trinajstić information content (AvgIpc) is 3.39. The summed E-state index contributed by atoms with van der Waals surface area (Å²) < 4.78 is 45.3. The predicted molar refractivity (Wildman–Crippen MR) is 128 cm³/mol. The molecule has 1 fully saturated rings. The number of nitrogens with zero attached hydrogens (tertiary/aromatic N) is 3. The van der Waals surface area contributed by atoms with E-state index in [0.29, 0.717) is 31.1 Å². The molecule has 3 N–H and O–H groups in total. The minimum Gasteiger partial charge on any atom is -0.481 e. The van der Waals surface area contributed by atoms with E-state index in [-0.39, 0.29) is 36.7 Å². The van der Waals surface area contributed by atoms with Crippen LogP contribution in [0, 0.1) is 11.8 Å². The van der Waals surface area contributed by atoms with Gasteiger partial charge in [0.05, 0.1) is 30.1 Å². The summed E-state index contributed by atoms with van der Waals surface area (Å²) in [6.45, 7) is 1.38. The third-order valence-corrected chi connectivity index (χ3v) is 6.48. The highest BCUT2D eigenvalue weighted by Crippen LogP contribution is 2.32. The van der Waals surface area contributed by atoms with Gasteiger partial charge in [0.15, 0.2) is 5.82 Å². The predicted octanol–water partition coefficient (Wildman–Crippen LogP) is 3.59. The van der Waals surface area contributed by atoms with Crippen molar-refractivity contribution in [2.45, 2.75) is 37.9 Å². The highest BCUT2D eigenvalue weighted by Gasteiger charge is 2.33. The number of halogens is 3. The minimum absolute atomic E-state index is 0.0159. The number of alkyl halides is 3. The Morgan fingerprint density at radius 1 is 1.22 bits per heavy atom. The number of rotatable bonds is 9. The molecule has 4 rings (SSSR count). The molecule has 9 nitrogen and oxygen atoms in total. The van der Waals surface area contributed by atoms with Gasteiger partial charge in [-0.2, -0.15) is 18.3 Å². The van der Waals surface area contributed by atoms with E-state index in [1.54, 1.807) is 24.4 Å². The maximum Gasteiger partial charge on any atom is 0.419 e. The fourth-order valence-corrected chi connectivity index (χ4v) is 4.50. The summed E-state index contributed by atoms with van der Waals surface area (Å²) in [7, 11) is 0. The molecule has 198 valence electrons. The molecule has 2 unspecified atom stereocenters. The van der Waals surface area contributed by atoms with Crippen LogP contribution in [-0.4, -0.2) is 57.5 Å². The quantitative estimate of drug-likeness (QED) is 0.463. The fraction of sp³-hybridized carbons (Fsp3) is 0.440. The molecule has 3 heterocycles. The Morgan fingerprint density at radius 2 is 2.00 bits per heavy atom. The van der Waals surface area contributed by atoms with E-state index >= 15 is 0 Å². The van der Waals surface area contributed by atoms with Gasteiger partial charge in [-0.15, -0.1) is 0 Å². The van der Waals surface area contributed by atoms with Crippen LogP contribution < -0.4 is 10.6 Å². The number of amides is 1. The number of hydrogen-bond acceptors (Lipinski definition) is 6. The summed E-state index contributed by atoms with van der Waals surface area (Å²) in [6, 6.07) is 3.38. The molecule has 37 heavy (non-hydrogen) atoms. The van der Waals surface area contributed by atoms with Gasteiger partial charge in [0.1, 0.15) is 0 Å². The molecule has 1 aliphatic heterocycles. The second kappa shape index (κ2) is 11.6.